The van der Waals surface area contributed by atoms with Crippen molar-refractivity contribution in [2.75, 3.05) is 11.9 Å². The summed E-state index contributed by atoms with van der Waals surface area (Å²) in [5.41, 5.74) is 0.758. The van der Waals surface area contributed by atoms with Gasteiger partial charge in [0.2, 0.25) is 0 Å². The summed E-state index contributed by atoms with van der Waals surface area (Å²) in [7, 11) is 1.69. The fourth-order valence-electron chi connectivity index (χ4n) is 1.34. The summed E-state index contributed by atoms with van der Waals surface area (Å²) in [4.78, 5) is 17.6. The number of hydrogen-bond donors (Lipinski definition) is 0. The first kappa shape index (κ1) is 12.7. The molecule has 0 aliphatic heterocycles. The highest BCUT2D eigenvalue weighted by Gasteiger charge is 2.16. The molecule has 0 atom stereocenters. The van der Waals surface area contributed by atoms with Crippen molar-refractivity contribution >= 4 is 38.2 Å². The predicted octanol–water partition coefficient (Wildman–Crippen LogP) is 3.05. The molecule has 0 radical (unpaired) electrons. The van der Waals surface area contributed by atoms with Gasteiger partial charge in [0.1, 0.15) is 11.8 Å². The molecular weight excluding hydrogens is 314 g/mol. The van der Waals surface area contributed by atoms with Crippen LogP contribution in [0.4, 0.5) is 5.00 Å². The number of amides is 1. The summed E-state index contributed by atoms with van der Waals surface area (Å²) in [6.45, 7) is 0. The Morgan fingerprint density at radius 2 is 2.22 bits per heavy atom. The molecule has 0 N–H and O–H groups in total. The summed E-state index contributed by atoms with van der Waals surface area (Å²) in [6, 6.07) is 8.85. The number of thiophene rings is 1. The molecule has 0 aromatic carbocycles. The Hall–Kier alpha value is -1.71. The van der Waals surface area contributed by atoms with E-state index in [1.165, 1.54) is 22.4 Å². The fourth-order valence-corrected chi connectivity index (χ4v) is 2.66. The van der Waals surface area contributed by atoms with Gasteiger partial charge in [0.15, 0.2) is 0 Å². The lowest BCUT2D eigenvalue weighted by molar-refractivity contribution is 0.0989. The number of anilines is 1. The van der Waals surface area contributed by atoms with Crippen LogP contribution in [0.2, 0.25) is 0 Å². The number of pyridine rings is 1. The van der Waals surface area contributed by atoms with Crippen LogP contribution in [0.1, 0.15) is 16.1 Å². The number of nitriles is 1. The molecular formula is C12H8BrN3OS. The maximum absolute atomic E-state index is 12.1. The van der Waals surface area contributed by atoms with Gasteiger partial charge in [0, 0.05) is 13.2 Å². The lowest BCUT2D eigenvalue weighted by Crippen LogP contribution is -2.26. The number of nitrogens with zero attached hydrogens (tertiary/aromatic N) is 3. The van der Waals surface area contributed by atoms with Crippen molar-refractivity contribution in [3.8, 4) is 6.07 Å². The maximum Gasteiger partial charge on any atom is 0.277 e. The number of halogens is 1. The minimum absolute atomic E-state index is 0.200. The van der Waals surface area contributed by atoms with E-state index >= 15 is 0 Å². The first-order chi connectivity index (χ1) is 8.61. The molecule has 0 aliphatic carbocycles. The van der Waals surface area contributed by atoms with E-state index in [2.05, 4.69) is 20.9 Å². The third-order valence-corrected chi connectivity index (χ3v) is 4.01. The van der Waals surface area contributed by atoms with Crippen LogP contribution in [0.15, 0.2) is 34.2 Å². The second-order valence-corrected chi connectivity index (χ2v) is 5.93. The molecule has 0 saturated heterocycles. The van der Waals surface area contributed by atoms with E-state index in [-0.39, 0.29) is 5.91 Å². The Kier molecular flexibility index (Phi) is 3.75. The van der Waals surface area contributed by atoms with Crippen molar-refractivity contribution in [1.29, 1.82) is 5.26 Å². The number of carbonyl (C=O) groups excluding carboxylic acids is 1. The maximum atomic E-state index is 12.1. The van der Waals surface area contributed by atoms with Crippen molar-refractivity contribution in [3.63, 3.8) is 0 Å². The largest absolute Gasteiger partial charge is 0.301 e. The van der Waals surface area contributed by atoms with Gasteiger partial charge in [-0.25, -0.2) is 4.98 Å². The van der Waals surface area contributed by atoms with E-state index in [0.29, 0.717) is 11.3 Å². The first-order valence-electron chi connectivity index (χ1n) is 5.01. The molecule has 0 unspecified atom stereocenters. The van der Waals surface area contributed by atoms with Crippen molar-refractivity contribution in [1.82, 2.24) is 4.98 Å². The van der Waals surface area contributed by atoms with Crippen LogP contribution in [0, 0.1) is 11.3 Å². The van der Waals surface area contributed by atoms with Gasteiger partial charge in [-0.3, -0.25) is 4.79 Å². The molecule has 6 heteroatoms. The van der Waals surface area contributed by atoms with Crippen LogP contribution in [0.25, 0.3) is 0 Å². The molecule has 2 rings (SSSR count). The molecule has 0 aliphatic rings. The Balaban J connectivity index is 2.23. The standard InChI is InChI=1S/C12H8BrN3OS/c1-16(11-5-4-10(13)18-11)12(17)9-3-2-8(6-14)7-15-9/h2-5,7H,1H3. The zero-order valence-electron chi connectivity index (χ0n) is 9.42. The number of rotatable bonds is 2. The third kappa shape index (κ3) is 2.58. The minimum atomic E-state index is -0.200. The third-order valence-electron chi connectivity index (χ3n) is 2.31. The van der Waals surface area contributed by atoms with Gasteiger partial charge in [-0.05, 0) is 40.2 Å². The van der Waals surface area contributed by atoms with Crippen LogP contribution in [0.3, 0.4) is 0 Å². The number of carbonyl (C=O) groups is 1. The summed E-state index contributed by atoms with van der Waals surface area (Å²) >= 11 is 4.82. The molecule has 2 aromatic heterocycles. The number of aromatic nitrogens is 1. The van der Waals surface area contributed by atoms with Crippen molar-refractivity contribution in [3.05, 3.63) is 45.5 Å². The van der Waals surface area contributed by atoms with Crippen LogP contribution in [-0.2, 0) is 0 Å². The molecule has 2 aromatic rings. The average Bonchev–Trinajstić information content (AvgIpc) is 2.84. The van der Waals surface area contributed by atoms with E-state index in [1.54, 1.807) is 19.2 Å². The molecule has 18 heavy (non-hydrogen) atoms. The van der Waals surface area contributed by atoms with Crippen molar-refractivity contribution < 1.29 is 4.79 Å². The van der Waals surface area contributed by atoms with Gasteiger partial charge < -0.3 is 4.90 Å². The Morgan fingerprint density at radius 3 is 2.72 bits per heavy atom. The molecule has 1 amide bonds. The quantitative estimate of drug-likeness (QED) is 0.854. The Morgan fingerprint density at radius 1 is 1.44 bits per heavy atom. The molecule has 2 heterocycles. The fraction of sp³-hybridized carbons (Fsp3) is 0.0833. The van der Waals surface area contributed by atoms with Gasteiger partial charge >= 0.3 is 0 Å². The lowest BCUT2D eigenvalue weighted by atomic mass is 10.2. The summed E-state index contributed by atoms with van der Waals surface area (Å²) in [5.74, 6) is -0.200. The van der Waals surface area contributed by atoms with Crippen molar-refractivity contribution in [2.45, 2.75) is 0 Å². The summed E-state index contributed by atoms with van der Waals surface area (Å²) in [6.07, 6.45) is 1.39. The topological polar surface area (TPSA) is 57.0 Å². The monoisotopic (exact) mass is 321 g/mol. The Labute approximate surface area is 117 Å². The van der Waals surface area contributed by atoms with Crippen molar-refractivity contribution in [2.24, 2.45) is 0 Å². The van der Waals surface area contributed by atoms with E-state index in [9.17, 15) is 4.79 Å². The zero-order chi connectivity index (χ0) is 13.1. The lowest BCUT2D eigenvalue weighted by Gasteiger charge is -2.14. The van der Waals surface area contributed by atoms with Gasteiger partial charge in [0.25, 0.3) is 5.91 Å². The van der Waals surface area contributed by atoms with Gasteiger partial charge in [0.05, 0.1) is 14.4 Å². The van der Waals surface area contributed by atoms with Crippen LogP contribution in [0.5, 0.6) is 0 Å². The SMILES string of the molecule is CN(C(=O)c1ccc(C#N)cn1)c1ccc(Br)s1. The van der Waals surface area contributed by atoms with E-state index < -0.39 is 0 Å². The van der Waals surface area contributed by atoms with E-state index in [1.807, 2.05) is 18.2 Å². The first-order valence-corrected chi connectivity index (χ1v) is 6.62. The second kappa shape index (κ2) is 5.29. The number of hydrogen-bond acceptors (Lipinski definition) is 4. The molecule has 90 valence electrons. The molecule has 0 fully saturated rings. The van der Waals surface area contributed by atoms with Crippen LogP contribution < -0.4 is 4.90 Å². The van der Waals surface area contributed by atoms with Crippen LogP contribution >= 0.6 is 27.3 Å². The van der Waals surface area contributed by atoms with Crippen LogP contribution in [-0.4, -0.2) is 17.9 Å². The summed E-state index contributed by atoms with van der Waals surface area (Å²) in [5, 5.41) is 9.50. The van der Waals surface area contributed by atoms with Gasteiger partial charge in [-0.1, -0.05) is 0 Å². The normalized spacial score (nSPS) is 9.83. The second-order valence-electron chi connectivity index (χ2n) is 3.49. The van der Waals surface area contributed by atoms with E-state index in [0.717, 1.165) is 8.79 Å². The van der Waals surface area contributed by atoms with Gasteiger partial charge in [-0.2, -0.15) is 5.26 Å². The van der Waals surface area contributed by atoms with Gasteiger partial charge in [-0.15, -0.1) is 11.3 Å². The summed E-state index contributed by atoms with van der Waals surface area (Å²) < 4.78 is 0.963. The predicted molar refractivity (Wildman–Crippen MR) is 73.7 cm³/mol. The smallest absolute Gasteiger partial charge is 0.277 e. The average molecular weight is 322 g/mol. The molecule has 0 saturated carbocycles. The molecule has 4 nitrogen and oxygen atoms in total. The zero-order valence-corrected chi connectivity index (χ0v) is 11.8. The highest BCUT2D eigenvalue weighted by atomic mass is 79.9. The Bertz CT molecular complexity index is 615. The minimum Gasteiger partial charge on any atom is -0.301 e. The molecule has 0 spiro atoms. The highest BCUT2D eigenvalue weighted by molar-refractivity contribution is 9.11. The highest BCUT2D eigenvalue weighted by Crippen LogP contribution is 2.29. The van der Waals surface area contributed by atoms with E-state index in [4.69, 9.17) is 5.26 Å². The molecule has 0 bridgehead atoms.